The Bertz CT molecular complexity index is 635. The minimum Gasteiger partial charge on any atom is -0.452 e. The van der Waals surface area contributed by atoms with Crippen molar-refractivity contribution < 1.29 is 9.53 Å². The summed E-state index contributed by atoms with van der Waals surface area (Å²) < 4.78 is 5.22. The molecule has 2 rings (SSSR count). The number of aromatic amines is 1. The van der Waals surface area contributed by atoms with E-state index in [0.29, 0.717) is 11.4 Å². The van der Waals surface area contributed by atoms with Crippen molar-refractivity contribution in [2.24, 2.45) is 0 Å². The fourth-order valence-corrected chi connectivity index (χ4v) is 1.63. The smallest absolute Gasteiger partial charge is 0.344 e. The van der Waals surface area contributed by atoms with Gasteiger partial charge in [0.25, 0.3) is 5.56 Å². The highest BCUT2D eigenvalue weighted by Gasteiger charge is 2.17. The molecule has 2 heterocycles. The van der Waals surface area contributed by atoms with Crippen molar-refractivity contribution in [1.82, 2.24) is 9.97 Å². The number of carbonyl (C=O) groups is 1. The maximum atomic E-state index is 11.9. The minimum atomic E-state index is -0.653. The normalized spacial score (nSPS) is 11.9. The number of aromatic nitrogens is 2. The summed E-state index contributed by atoms with van der Waals surface area (Å²) in [5, 5.41) is 0. The number of hydrogen-bond donors (Lipinski definition) is 1. The molecule has 0 bridgehead atoms. The van der Waals surface area contributed by atoms with Gasteiger partial charge < -0.3 is 9.72 Å². The molecule has 0 amide bonds. The molecular formula is C14H14N2O3. The predicted molar refractivity (Wildman–Crippen MR) is 69.9 cm³/mol. The molecule has 0 aliphatic carbocycles. The van der Waals surface area contributed by atoms with Crippen LogP contribution in [-0.4, -0.2) is 15.9 Å². The molecule has 2 aromatic heterocycles. The molecule has 1 N–H and O–H groups in total. The topological polar surface area (TPSA) is 72.0 Å². The molecular weight excluding hydrogens is 244 g/mol. The van der Waals surface area contributed by atoms with E-state index >= 15 is 0 Å². The maximum absolute atomic E-state index is 11.9. The lowest BCUT2D eigenvalue weighted by Gasteiger charge is -2.12. The van der Waals surface area contributed by atoms with Crippen LogP contribution >= 0.6 is 0 Å². The average Bonchev–Trinajstić information content (AvgIpc) is 2.39. The summed E-state index contributed by atoms with van der Waals surface area (Å²) in [5.74, 6) is -0.653. The molecule has 0 aliphatic rings. The minimum absolute atomic E-state index is 0.00613. The maximum Gasteiger partial charge on any atom is 0.344 e. The summed E-state index contributed by atoms with van der Waals surface area (Å²) in [6.07, 6.45) is 1.12. The Morgan fingerprint density at radius 2 is 2.11 bits per heavy atom. The number of esters is 1. The monoisotopic (exact) mass is 258 g/mol. The molecule has 0 fully saturated rings. The number of rotatable bonds is 3. The van der Waals surface area contributed by atoms with Gasteiger partial charge in [0.2, 0.25) is 0 Å². The molecule has 19 heavy (non-hydrogen) atoms. The number of nitrogens with one attached hydrogen (secondary N) is 1. The highest BCUT2D eigenvalue weighted by atomic mass is 16.5. The molecule has 1 atom stereocenters. The van der Waals surface area contributed by atoms with Gasteiger partial charge >= 0.3 is 5.97 Å². The SMILES string of the molecule is Cc1ccc(C(=O)O[C@H](C)c2ccccn2)c(=O)[nH]1. The molecule has 98 valence electrons. The molecule has 0 saturated carbocycles. The van der Waals surface area contributed by atoms with E-state index in [1.54, 1.807) is 38.2 Å². The second kappa shape index (κ2) is 5.48. The largest absolute Gasteiger partial charge is 0.452 e. The summed E-state index contributed by atoms with van der Waals surface area (Å²) in [6, 6.07) is 8.47. The van der Waals surface area contributed by atoms with Crippen LogP contribution in [0, 0.1) is 6.92 Å². The first kappa shape index (κ1) is 13.0. The second-order valence-corrected chi connectivity index (χ2v) is 4.19. The lowest BCUT2D eigenvalue weighted by molar-refractivity contribution is 0.0327. The van der Waals surface area contributed by atoms with Gasteiger partial charge in [-0.2, -0.15) is 0 Å². The number of ether oxygens (including phenoxy) is 1. The fourth-order valence-electron chi connectivity index (χ4n) is 1.63. The average molecular weight is 258 g/mol. The molecule has 0 unspecified atom stereocenters. The summed E-state index contributed by atoms with van der Waals surface area (Å²) >= 11 is 0. The zero-order chi connectivity index (χ0) is 13.8. The van der Waals surface area contributed by atoms with E-state index < -0.39 is 17.6 Å². The van der Waals surface area contributed by atoms with Crippen LogP contribution in [-0.2, 0) is 4.74 Å². The Hall–Kier alpha value is -2.43. The molecule has 2 aromatic rings. The number of pyridine rings is 2. The second-order valence-electron chi connectivity index (χ2n) is 4.19. The van der Waals surface area contributed by atoms with Crippen molar-refractivity contribution in [3.8, 4) is 0 Å². The van der Waals surface area contributed by atoms with Crippen LogP contribution in [0.15, 0.2) is 41.3 Å². The van der Waals surface area contributed by atoms with Gasteiger partial charge in [-0.1, -0.05) is 6.07 Å². The van der Waals surface area contributed by atoms with Gasteiger partial charge in [0.05, 0.1) is 5.69 Å². The standard InChI is InChI=1S/C14H14N2O3/c1-9-6-7-11(13(17)16-9)14(18)19-10(2)12-5-3-4-8-15-12/h3-8,10H,1-2H3,(H,16,17)/t10-/m1/s1. The van der Waals surface area contributed by atoms with E-state index in [9.17, 15) is 9.59 Å². The summed E-state index contributed by atoms with van der Waals surface area (Å²) in [7, 11) is 0. The van der Waals surface area contributed by atoms with Crippen molar-refractivity contribution in [2.75, 3.05) is 0 Å². The Morgan fingerprint density at radius 3 is 2.74 bits per heavy atom. The van der Waals surface area contributed by atoms with E-state index in [2.05, 4.69) is 9.97 Å². The van der Waals surface area contributed by atoms with Gasteiger partial charge in [0, 0.05) is 11.9 Å². The Labute approximate surface area is 110 Å². The molecule has 5 heteroatoms. The van der Waals surface area contributed by atoms with E-state index in [1.807, 2.05) is 6.07 Å². The molecule has 0 aliphatic heterocycles. The number of carbonyl (C=O) groups excluding carboxylic acids is 1. The molecule has 0 aromatic carbocycles. The first-order valence-corrected chi connectivity index (χ1v) is 5.90. The summed E-state index contributed by atoms with van der Waals surface area (Å²) in [4.78, 5) is 30.2. The van der Waals surface area contributed by atoms with Gasteiger partial charge in [0.15, 0.2) is 0 Å². The first-order valence-electron chi connectivity index (χ1n) is 5.90. The highest BCUT2D eigenvalue weighted by Crippen LogP contribution is 2.14. The zero-order valence-corrected chi connectivity index (χ0v) is 10.7. The number of hydrogen-bond acceptors (Lipinski definition) is 4. The van der Waals surface area contributed by atoms with Crippen molar-refractivity contribution in [3.63, 3.8) is 0 Å². The van der Waals surface area contributed by atoms with Crippen molar-refractivity contribution in [3.05, 3.63) is 63.8 Å². The van der Waals surface area contributed by atoms with E-state index in [0.717, 1.165) is 0 Å². The third-order valence-corrected chi connectivity index (χ3v) is 2.66. The van der Waals surface area contributed by atoms with Gasteiger partial charge in [-0.25, -0.2) is 4.79 Å². The quantitative estimate of drug-likeness (QED) is 0.855. The first-order chi connectivity index (χ1) is 9.08. The number of aryl methyl sites for hydroxylation is 1. The van der Waals surface area contributed by atoms with E-state index in [4.69, 9.17) is 4.74 Å². The predicted octanol–water partition coefficient (Wildman–Crippen LogP) is 2.00. The third-order valence-electron chi connectivity index (χ3n) is 2.66. The molecule has 0 radical (unpaired) electrons. The van der Waals surface area contributed by atoms with Gasteiger partial charge in [-0.15, -0.1) is 0 Å². The summed E-state index contributed by atoms with van der Waals surface area (Å²) in [6.45, 7) is 3.45. The van der Waals surface area contributed by atoms with Crippen LogP contribution in [0.25, 0.3) is 0 Å². The number of nitrogens with zero attached hydrogens (tertiary/aromatic N) is 1. The molecule has 0 spiro atoms. The van der Waals surface area contributed by atoms with Gasteiger partial charge in [-0.3, -0.25) is 9.78 Å². The van der Waals surface area contributed by atoms with Crippen molar-refractivity contribution >= 4 is 5.97 Å². The third kappa shape index (κ3) is 3.07. The van der Waals surface area contributed by atoms with Crippen molar-refractivity contribution in [2.45, 2.75) is 20.0 Å². The fraction of sp³-hybridized carbons (Fsp3) is 0.214. The van der Waals surface area contributed by atoms with Gasteiger partial charge in [-0.05, 0) is 38.1 Å². The number of H-pyrrole nitrogens is 1. The van der Waals surface area contributed by atoms with Crippen LogP contribution in [0.5, 0.6) is 0 Å². The van der Waals surface area contributed by atoms with Gasteiger partial charge in [0.1, 0.15) is 11.7 Å². The van der Waals surface area contributed by atoms with Crippen LogP contribution in [0.4, 0.5) is 0 Å². The van der Waals surface area contributed by atoms with E-state index in [1.165, 1.54) is 6.07 Å². The van der Waals surface area contributed by atoms with Crippen LogP contribution in [0.2, 0.25) is 0 Å². The summed E-state index contributed by atoms with van der Waals surface area (Å²) in [5.41, 5.74) is 0.880. The Balaban J connectivity index is 2.15. The molecule has 5 nitrogen and oxygen atoms in total. The van der Waals surface area contributed by atoms with Crippen LogP contribution in [0.3, 0.4) is 0 Å². The lowest BCUT2D eigenvalue weighted by Crippen LogP contribution is -2.21. The van der Waals surface area contributed by atoms with Crippen molar-refractivity contribution in [1.29, 1.82) is 0 Å². The zero-order valence-electron chi connectivity index (χ0n) is 10.7. The Kier molecular flexibility index (Phi) is 3.75. The lowest BCUT2D eigenvalue weighted by atomic mass is 10.2. The molecule has 0 saturated heterocycles. The van der Waals surface area contributed by atoms with Crippen LogP contribution < -0.4 is 5.56 Å². The van der Waals surface area contributed by atoms with Crippen LogP contribution in [0.1, 0.15) is 34.8 Å². The Morgan fingerprint density at radius 1 is 1.32 bits per heavy atom. The highest BCUT2D eigenvalue weighted by molar-refractivity contribution is 5.89. The van der Waals surface area contributed by atoms with E-state index in [-0.39, 0.29) is 5.56 Å².